The minimum absolute atomic E-state index is 0.201. The van der Waals surface area contributed by atoms with Crippen LogP contribution in [-0.2, 0) is 9.53 Å². The molecule has 1 aliphatic heterocycles. The molecule has 1 unspecified atom stereocenters. The van der Waals surface area contributed by atoms with Gasteiger partial charge in [0.25, 0.3) is 5.56 Å². The number of hydrogen-bond acceptors (Lipinski definition) is 7. The molecule has 0 bridgehead atoms. The number of aromatic amines is 1. The number of esters is 1. The van der Waals surface area contributed by atoms with Crippen molar-refractivity contribution in [1.29, 1.82) is 0 Å². The molecular formula is C28H27N3O5S. The Kier molecular flexibility index (Phi) is 6.47. The van der Waals surface area contributed by atoms with E-state index in [-0.39, 0.29) is 12.2 Å². The molecule has 0 saturated carbocycles. The normalized spacial score (nSPS) is 15.5. The highest BCUT2D eigenvalue weighted by molar-refractivity contribution is 7.07. The zero-order valence-electron chi connectivity index (χ0n) is 21.2. The number of H-pyrrole nitrogens is 1. The molecule has 3 heterocycles. The second-order valence-electron chi connectivity index (χ2n) is 8.62. The molecule has 4 aromatic rings. The van der Waals surface area contributed by atoms with Crippen LogP contribution in [0, 0.1) is 6.92 Å². The van der Waals surface area contributed by atoms with Crippen LogP contribution in [0.3, 0.4) is 0 Å². The van der Waals surface area contributed by atoms with Crippen molar-refractivity contribution in [3.63, 3.8) is 0 Å². The minimum atomic E-state index is -0.776. The Hall–Kier alpha value is -4.11. The molecule has 2 aromatic carbocycles. The van der Waals surface area contributed by atoms with Gasteiger partial charge < -0.3 is 19.2 Å². The summed E-state index contributed by atoms with van der Waals surface area (Å²) in [7, 11) is 3.11. The second-order valence-corrected chi connectivity index (χ2v) is 9.63. The molecule has 1 N–H and O–H groups in total. The number of aromatic nitrogens is 2. The molecule has 0 saturated heterocycles. The number of fused-ring (bicyclic) bond motifs is 2. The Bertz CT molecular complexity index is 1740. The minimum Gasteiger partial charge on any atom is -0.497 e. The third-order valence-corrected chi connectivity index (χ3v) is 7.45. The average molecular weight is 518 g/mol. The first-order valence-corrected chi connectivity index (χ1v) is 12.7. The summed E-state index contributed by atoms with van der Waals surface area (Å²) in [5, 5.41) is 1.03. The molecule has 1 atom stereocenters. The van der Waals surface area contributed by atoms with Gasteiger partial charge in [-0.05, 0) is 45.0 Å². The summed E-state index contributed by atoms with van der Waals surface area (Å²) in [6, 6.07) is 12.5. The van der Waals surface area contributed by atoms with Crippen LogP contribution in [-0.4, -0.2) is 36.3 Å². The monoisotopic (exact) mass is 517 g/mol. The van der Waals surface area contributed by atoms with E-state index in [4.69, 9.17) is 14.2 Å². The number of methoxy groups -OCH3 is 2. The van der Waals surface area contributed by atoms with Gasteiger partial charge in [-0.15, -0.1) is 0 Å². The van der Waals surface area contributed by atoms with Gasteiger partial charge in [-0.2, -0.15) is 0 Å². The maximum absolute atomic E-state index is 14.0. The van der Waals surface area contributed by atoms with E-state index in [1.54, 1.807) is 50.8 Å². The number of carbonyl (C=O) groups excluding carboxylic acids is 1. The standard InChI is InChI=1S/C28H27N3O5S/c1-6-36-27(33)24-16(3)30-28-31(25(24)19-12-11-17(34-4)13-22(19)35-5)26(32)23(37-28)14-20-15(2)29-21-10-8-7-9-18(20)21/h7-14,25,29H,6H2,1-5H3. The van der Waals surface area contributed by atoms with Crippen LogP contribution < -0.4 is 24.4 Å². The largest absolute Gasteiger partial charge is 0.497 e. The number of nitrogens with one attached hydrogen (secondary N) is 1. The molecule has 37 heavy (non-hydrogen) atoms. The smallest absolute Gasteiger partial charge is 0.338 e. The molecule has 0 aliphatic carbocycles. The van der Waals surface area contributed by atoms with E-state index in [9.17, 15) is 9.59 Å². The first kappa shape index (κ1) is 24.6. The van der Waals surface area contributed by atoms with Crippen molar-refractivity contribution in [2.24, 2.45) is 4.99 Å². The average Bonchev–Trinajstić information content (AvgIpc) is 3.38. The molecule has 0 spiro atoms. The quantitative estimate of drug-likeness (QED) is 0.395. The summed E-state index contributed by atoms with van der Waals surface area (Å²) in [5.74, 6) is 0.567. The molecule has 190 valence electrons. The molecule has 0 fully saturated rings. The fourth-order valence-electron chi connectivity index (χ4n) is 4.75. The third-order valence-electron chi connectivity index (χ3n) is 6.47. The Labute approximate surface area is 217 Å². The van der Waals surface area contributed by atoms with Crippen molar-refractivity contribution in [2.45, 2.75) is 26.8 Å². The highest BCUT2D eigenvalue weighted by atomic mass is 32.1. The number of aryl methyl sites for hydroxylation is 1. The fourth-order valence-corrected chi connectivity index (χ4v) is 5.77. The summed E-state index contributed by atoms with van der Waals surface area (Å²) >= 11 is 1.29. The number of hydrogen-bond donors (Lipinski definition) is 1. The van der Waals surface area contributed by atoms with Gasteiger partial charge in [-0.3, -0.25) is 9.36 Å². The van der Waals surface area contributed by atoms with E-state index in [2.05, 4.69) is 9.98 Å². The van der Waals surface area contributed by atoms with E-state index >= 15 is 0 Å². The molecular weight excluding hydrogens is 490 g/mol. The van der Waals surface area contributed by atoms with E-state index in [0.29, 0.717) is 37.7 Å². The van der Waals surface area contributed by atoms with Gasteiger partial charge >= 0.3 is 5.97 Å². The number of benzene rings is 2. The highest BCUT2D eigenvalue weighted by Gasteiger charge is 2.35. The lowest BCUT2D eigenvalue weighted by atomic mass is 9.95. The predicted molar refractivity (Wildman–Crippen MR) is 143 cm³/mol. The van der Waals surface area contributed by atoms with Crippen LogP contribution in [0.5, 0.6) is 11.5 Å². The Balaban J connectivity index is 1.78. The van der Waals surface area contributed by atoms with Crippen molar-refractivity contribution in [1.82, 2.24) is 9.55 Å². The third kappa shape index (κ3) is 4.15. The van der Waals surface area contributed by atoms with Crippen molar-refractivity contribution in [3.05, 3.63) is 90.2 Å². The summed E-state index contributed by atoms with van der Waals surface area (Å²) in [4.78, 5) is 35.7. The van der Waals surface area contributed by atoms with Crippen molar-refractivity contribution >= 4 is 34.3 Å². The zero-order chi connectivity index (χ0) is 26.3. The van der Waals surface area contributed by atoms with Gasteiger partial charge in [0.15, 0.2) is 4.80 Å². The lowest BCUT2D eigenvalue weighted by Crippen LogP contribution is -2.40. The number of thiazole rings is 1. The van der Waals surface area contributed by atoms with Crippen molar-refractivity contribution < 1.29 is 19.0 Å². The first-order valence-electron chi connectivity index (χ1n) is 11.9. The van der Waals surface area contributed by atoms with Crippen LogP contribution in [0.2, 0.25) is 0 Å². The Morgan fingerprint density at radius 3 is 2.68 bits per heavy atom. The topological polar surface area (TPSA) is 94.9 Å². The SMILES string of the molecule is CCOC(=O)C1=C(C)N=c2sc(=Cc3c(C)[nH]c4ccccc34)c(=O)n2C1c1ccc(OC)cc1OC. The van der Waals surface area contributed by atoms with Gasteiger partial charge in [-0.1, -0.05) is 29.5 Å². The van der Waals surface area contributed by atoms with E-state index in [1.807, 2.05) is 37.3 Å². The summed E-state index contributed by atoms with van der Waals surface area (Å²) in [5.41, 5.74) is 4.09. The molecule has 8 nitrogen and oxygen atoms in total. The van der Waals surface area contributed by atoms with Crippen LogP contribution in [0.25, 0.3) is 17.0 Å². The lowest BCUT2D eigenvalue weighted by Gasteiger charge is -2.26. The number of allylic oxidation sites excluding steroid dienone is 1. The molecule has 5 rings (SSSR count). The van der Waals surface area contributed by atoms with Crippen molar-refractivity contribution in [3.8, 4) is 11.5 Å². The summed E-state index contributed by atoms with van der Waals surface area (Å²) in [6.07, 6.45) is 1.89. The maximum atomic E-state index is 14.0. The molecule has 0 radical (unpaired) electrons. The van der Waals surface area contributed by atoms with Gasteiger partial charge in [0.05, 0.1) is 36.6 Å². The van der Waals surface area contributed by atoms with Gasteiger partial charge in [0, 0.05) is 33.8 Å². The van der Waals surface area contributed by atoms with Crippen LogP contribution in [0.1, 0.15) is 36.7 Å². The fraction of sp³-hybridized carbons (Fsp3) is 0.250. The number of para-hydroxylation sites is 1. The van der Waals surface area contributed by atoms with Crippen molar-refractivity contribution in [2.75, 3.05) is 20.8 Å². The van der Waals surface area contributed by atoms with E-state index < -0.39 is 12.0 Å². The molecule has 0 amide bonds. The zero-order valence-corrected chi connectivity index (χ0v) is 22.1. The number of carbonyl (C=O) groups is 1. The predicted octanol–water partition coefficient (Wildman–Crippen LogP) is 3.61. The molecule has 2 aromatic heterocycles. The summed E-state index contributed by atoms with van der Waals surface area (Å²) < 4.78 is 18.5. The van der Waals surface area contributed by atoms with Gasteiger partial charge in [-0.25, -0.2) is 9.79 Å². The van der Waals surface area contributed by atoms with Crippen LogP contribution in [0.4, 0.5) is 0 Å². The Morgan fingerprint density at radius 1 is 1.16 bits per heavy atom. The number of nitrogens with zero attached hydrogens (tertiary/aromatic N) is 2. The van der Waals surface area contributed by atoms with E-state index in [0.717, 1.165) is 22.2 Å². The Morgan fingerprint density at radius 2 is 1.95 bits per heavy atom. The van der Waals surface area contributed by atoms with Crippen LogP contribution in [0.15, 0.2) is 63.5 Å². The lowest BCUT2D eigenvalue weighted by molar-refractivity contribution is -0.139. The highest BCUT2D eigenvalue weighted by Crippen LogP contribution is 2.37. The maximum Gasteiger partial charge on any atom is 0.338 e. The second kappa shape index (κ2) is 9.74. The summed E-state index contributed by atoms with van der Waals surface area (Å²) in [6.45, 7) is 5.69. The molecule has 1 aliphatic rings. The number of ether oxygens (including phenoxy) is 3. The first-order chi connectivity index (χ1) is 17.9. The van der Waals surface area contributed by atoms with Gasteiger partial charge in [0.1, 0.15) is 17.5 Å². The van der Waals surface area contributed by atoms with Crippen LogP contribution >= 0.6 is 11.3 Å². The molecule has 9 heteroatoms. The van der Waals surface area contributed by atoms with E-state index in [1.165, 1.54) is 11.3 Å². The van der Waals surface area contributed by atoms with Gasteiger partial charge in [0.2, 0.25) is 0 Å². The number of rotatable bonds is 6.